The maximum atomic E-state index is 5.92. The minimum absolute atomic E-state index is 0.0961. The fourth-order valence-corrected chi connectivity index (χ4v) is 2.27. The standard InChI is InChI=1S/C20H25NO/c1-3-10-20(19-13-8-5-9-14-19)22-21-17(2)15-16-18-11-6-4-7-12-18/h4-9,11-17,20-21H,3,10H2,1-2H3/b16-15+/t17-,20-/m1/s1. The molecule has 0 radical (unpaired) electrons. The van der Waals surface area contributed by atoms with Crippen LogP contribution in [-0.2, 0) is 4.84 Å². The van der Waals surface area contributed by atoms with E-state index in [1.165, 1.54) is 11.1 Å². The van der Waals surface area contributed by atoms with E-state index in [4.69, 9.17) is 4.84 Å². The molecule has 1 N–H and O–H groups in total. The third kappa shape index (κ3) is 5.47. The van der Waals surface area contributed by atoms with Gasteiger partial charge in [0.15, 0.2) is 0 Å². The van der Waals surface area contributed by atoms with Crippen molar-refractivity contribution in [3.8, 4) is 0 Å². The molecule has 0 aromatic heterocycles. The van der Waals surface area contributed by atoms with Crippen LogP contribution in [0.15, 0.2) is 66.7 Å². The predicted molar refractivity (Wildman–Crippen MR) is 93.2 cm³/mol. The second-order valence-corrected chi connectivity index (χ2v) is 5.48. The zero-order chi connectivity index (χ0) is 15.6. The van der Waals surface area contributed by atoms with Crippen LogP contribution in [0.5, 0.6) is 0 Å². The van der Waals surface area contributed by atoms with Crippen molar-refractivity contribution in [3.63, 3.8) is 0 Å². The van der Waals surface area contributed by atoms with Crippen molar-refractivity contribution in [1.29, 1.82) is 0 Å². The number of nitrogens with one attached hydrogen (secondary N) is 1. The fraction of sp³-hybridized carbons (Fsp3) is 0.300. The van der Waals surface area contributed by atoms with Gasteiger partial charge in [-0.1, -0.05) is 86.2 Å². The van der Waals surface area contributed by atoms with E-state index in [9.17, 15) is 0 Å². The molecule has 2 nitrogen and oxygen atoms in total. The molecule has 2 aromatic rings. The molecule has 0 unspecified atom stereocenters. The van der Waals surface area contributed by atoms with Crippen molar-refractivity contribution in [2.45, 2.75) is 38.8 Å². The van der Waals surface area contributed by atoms with Gasteiger partial charge in [-0.25, -0.2) is 0 Å². The van der Waals surface area contributed by atoms with E-state index >= 15 is 0 Å². The molecule has 0 fully saturated rings. The average Bonchev–Trinajstić information content (AvgIpc) is 2.58. The Morgan fingerprint density at radius 3 is 2.27 bits per heavy atom. The normalized spacial score (nSPS) is 14.1. The Morgan fingerprint density at radius 2 is 1.64 bits per heavy atom. The van der Waals surface area contributed by atoms with Crippen molar-refractivity contribution in [3.05, 3.63) is 77.9 Å². The molecule has 0 aliphatic rings. The summed E-state index contributed by atoms with van der Waals surface area (Å²) < 4.78 is 0. The molecule has 0 aliphatic heterocycles. The second kappa shape index (κ2) is 9.19. The monoisotopic (exact) mass is 295 g/mol. The van der Waals surface area contributed by atoms with Crippen molar-refractivity contribution in [2.24, 2.45) is 0 Å². The summed E-state index contributed by atoms with van der Waals surface area (Å²) in [4.78, 5) is 5.92. The lowest BCUT2D eigenvalue weighted by molar-refractivity contribution is -0.0397. The van der Waals surface area contributed by atoms with Crippen LogP contribution in [-0.4, -0.2) is 6.04 Å². The van der Waals surface area contributed by atoms with E-state index in [1.54, 1.807) is 0 Å². The first kappa shape index (κ1) is 16.5. The Hall–Kier alpha value is -1.90. The minimum atomic E-state index is 0.0961. The molecule has 0 saturated heterocycles. The van der Waals surface area contributed by atoms with Crippen LogP contribution in [0.25, 0.3) is 6.08 Å². The molecule has 0 heterocycles. The smallest absolute Gasteiger partial charge is 0.104 e. The highest BCUT2D eigenvalue weighted by atomic mass is 16.7. The summed E-state index contributed by atoms with van der Waals surface area (Å²) in [5, 5.41) is 0. The van der Waals surface area contributed by atoms with E-state index in [-0.39, 0.29) is 12.1 Å². The van der Waals surface area contributed by atoms with Gasteiger partial charge in [0.1, 0.15) is 6.10 Å². The number of benzene rings is 2. The fourth-order valence-electron chi connectivity index (χ4n) is 2.27. The molecular weight excluding hydrogens is 270 g/mol. The first-order valence-corrected chi connectivity index (χ1v) is 7.99. The lowest BCUT2D eigenvalue weighted by atomic mass is 10.1. The molecule has 2 heteroatoms. The lowest BCUT2D eigenvalue weighted by Gasteiger charge is -2.19. The largest absolute Gasteiger partial charge is 0.293 e. The maximum absolute atomic E-state index is 5.92. The molecule has 2 rings (SSSR count). The zero-order valence-electron chi connectivity index (χ0n) is 13.4. The number of hydroxylamine groups is 1. The van der Waals surface area contributed by atoms with Crippen molar-refractivity contribution in [1.82, 2.24) is 5.48 Å². The van der Waals surface area contributed by atoms with E-state index in [1.807, 2.05) is 24.3 Å². The Kier molecular flexibility index (Phi) is 6.88. The molecule has 0 amide bonds. The predicted octanol–water partition coefficient (Wildman–Crippen LogP) is 5.15. The van der Waals surface area contributed by atoms with Gasteiger partial charge in [0, 0.05) is 6.04 Å². The summed E-state index contributed by atoms with van der Waals surface area (Å²) in [6.07, 6.45) is 6.42. The molecule has 2 aromatic carbocycles. The van der Waals surface area contributed by atoms with Crippen molar-refractivity contribution in [2.75, 3.05) is 0 Å². The van der Waals surface area contributed by atoms with E-state index in [0.717, 1.165) is 12.8 Å². The van der Waals surface area contributed by atoms with Crippen LogP contribution in [0.4, 0.5) is 0 Å². The van der Waals surface area contributed by atoms with Crippen molar-refractivity contribution >= 4 is 6.08 Å². The second-order valence-electron chi connectivity index (χ2n) is 5.48. The van der Waals surface area contributed by atoms with Gasteiger partial charge in [-0.2, -0.15) is 5.48 Å². The van der Waals surface area contributed by atoms with Gasteiger partial charge in [-0.3, -0.25) is 4.84 Å². The quantitative estimate of drug-likeness (QED) is 0.680. The molecule has 116 valence electrons. The minimum Gasteiger partial charge on any atom is -0.293 e. The Bertz CT molecular complexity index is 550. The molecule has 0 spiro atoms. The van der Waals surface area contributed by atoms with E-state index in [0.29, 0.717) is 0 Å². The van der Waals surface area contributed by atoms with Crippen LogP contribution >= 0.6 is 0 Å². The van der Waals surface area contributed by atoms with Crippen molar-refractivity contribution < 1.29 is 4.84 Å². The van der Waals surface area contributed by atoms with Crippen LogP contribution in [0.1, 0.15) is 43.9 Å². The van der Waals surface area contributed by atoms with Gasteiger partial charge >= 0.3 is 0 Å². The third-order valence-electron chi connectivity index (χ3n) is 3.50. The van der Waals surface area contributed by atoms with Gasteiger partial charge in [0.05, 0.1) is 0 Å². The van der Waals surface area contributed by atoms with Crippen LogP contribution in [0.3, 0.4) is 0 Å². The Labute approximate surface area is 133 Å². The molecule has 0 aliphatic carbocycles. The topological polar surface area (TPSA) is 21.3 Å². The number of hydrogen-bond donors (Lipinski definition) is 1. The van der Waals surface area contributed by atoms with Gasteiger partial charge in [-0.05, 0) is 24.5 Å². The van der Waals surface area contributed by atoms with E-state index < -0.39 is 0 Å². The summed E-state index contributed by atoms with van der Waals surface area (Å²) >= 11 is 0. The lowest BCUT2D eigenvalue weighted by Crippen LogP contribution is -2.26. The number of hydrogen-bond acceptors (Lipinski definition) is 2. The molecule has 22 heavy (non-hydrogen) atoms. The summed E-state index contributed by atoms with van der Waals surface area (Å²) in [7, 11) is 0. The molecule has 0 saturated carbocycles. The Balaban J connectivity index is 1.88. The first-order chi connectivity index (χ1) is 10.8. The number of rotatable bonds is 8. The summed E-state index contributed by atoms with van der Waals surface area (Å²) in [5.74, 6) is 0. The van der Waals surface area contributed by atoms with Gasteiger partial charge in [-0.15, -0.1) is 0 Å². The molecule has 2 atom stereocenters. The maximum Gasteiger partial charge on any atom is 0.104 e. The van der Waals surface area contributed by atoms with Gasteiger partial charge in [0.25, 0.3) is 0 Å². The highest BCUT2D eigenvalue weighted by molar-refractivity contribution is 5.49. The first-order valence-electron chi connectivity index (χ1n) is 7.99. The molecular formula is C20H25NO. The highest BCUT2D eigenvalue weighted by Crippen LogP contribution is 2.21. The highest BCUT2D eigenvalue weighted by Gasteiger charge is 2.11. The summed E-state index contributed by atoms with van der Waals surface area (Å²) in [5.41, 5.74) is 5.57. The summed E-state index contributed by atoms with van der Waals surface area (Å²) in [6, 6.07) is 20.8. The average molecular weight is 295 g/mol. The van der Waals surface area contributed by atoms with Crippen LogP contribution < -0.4 is 5.48 Å². The Morgan fingerprint density at radius 1 is 1.00 bits per heavy atom. The molecule has 0 bridgehead atoms. The SMILES string of the molecule is CCC[C@@H](ON[C@H](C)/C=C/c1ccccc1)c1ccccc1. The third-order valence-corrected chi connectivity index (χ3v) is 3.50. The van der Waals surface area contributed by atoms with Crippen LogP contribution in [0.2, 0.25) is 0 Å². The van der Waals surface area contributed by atoms with E-state index in [2.05, 4.69) is 67.9 Å². The zero-order valence-corrected chi connectivity index (χ0v) is 13.4. The summed E-state index contributed by atoms with van der Waals surface area (Å²) in [6.45, 7) is 4.27. The van der Waals surface area contributed by atoms with Gasteiger partial charge in [0.2, 0.25) is 0 Å². The van der Waals surface area contributed by atoms with Gasteiger partial charge < -0.3 is 0 Å². The van der Waals surface area contributed by atoms with Crippen LogP contribution in [0, 0.1) is 0 Å².